The Hall–Kier alpha value is -4.01. The van der Waals surface area contributed by atoms with Crippen molar-refractivity contribution in [2.24, 2.45) is 5.41 Å². The van der Waals surface area contributed by atoms with Gasteiger partial charge in [0.25, 0.3) is 0 Å². The summed E-state index contributed by atoms with van der Waals surface area (Å²) in [5.74, 6) is 2.71. The Bertz CT molecular complexity index is 1320. The monoisotopic (exact) mass is 476 g/mol. The molecule has 0 unspecified atom stereocenters. The molecule has 0 spiro atoms. The van der Waals surface area contributed by atoms with E-state index in [0.717, 1.165) is 16.8 Å². The summed E-state index contributed by atoms with van der Waals surface area (Å²) < 4.78 is 18.4. The Kier molecular flexibility index (Phi) is 5.42. The van der Waals surface area contributed by atoms with Gasteiger partial charge in [-0.3, -0.25) is 4.79 Å². The zero-order valence-electron chi connectivity index (χ0n) is 20.4. The van der Waals surface area contributed by atoms with Gasteiger partial charge in [-0.2, -0.15) is 4.98 Å². The Balaban J connectivity index is 1.72. The van der Waals surface area contributed by atoms with Crippen molar-refractivity contribution in [3.05, 3.63) is 53.2 Å². The number of hydrogen-bond donors (Lipinski definition) is 2. The summed E-state index contributed by atoms with van der Waals surface area (Å²) in [5.41, 5.74) is 2.85. The maximum absolute atomic E-state index is 13.5. The van der Waals surface area contributed by atoms with E-state index in [4.69, 9.17) is 24.3 Å². The molecule has 182 valence electrons. The average Bonchev–Trinajstić information content (AvgIpc) is 3.25. The predicted octanol–water partition coefficient (Wildman–Crippen LogP) is 4.33. The molecule has 5 rings (SSSR count). The number of aromatic nitrogens is 3. The van der Waals surface area contributed by atoms with Crippen LogP contribution in [0, 0.1) is 5.41 Å². The van der Waals surface area contributed by atoms with Crippen molar-refractivity contribution in [3.63, 3.8) is 0 Å². The highest BCUT2D eigenvalue weighted by Crippen LogP contribution is 2.48. The van der Waals surface area contributed by atoms with E-state index in [1.807, 2.05) is 12.1 Å². The number of aromatic hydroxyl groups is 1. The van der Waals surface area contributed by atoms with Crippen LogP contribution in [0.15, 0.2) is 47.7 Å². The van der Waals surface area contributed by atoms with Crippen LogP contribution >= 0.6 is 0 Å². The molecule has 2 N–H and O–H groups in total. The van der Waals surface area contributed by atoms with Crippen molar-refractivity contribution in [2.75, 3.05) is 26.6 Å². The number of allylic oxidation sites excluding steroid dienone is 2. The number of methoxy groups -OCH3 is 3. The largest absolute Gasteiger partial charge is 0.508 e. The predicted molar refractivity (Wildman–Crippen MR) is 130 cm³/mol. The average molecular weight is 477 g/mol. The first-order chi connectivity index (χ1) is 16.7. The minimum atomic E-state index is -0.531. The van der Waals surface area contributed by atoms with E-state index in [1.165, 1.54) is 0 Å². The summed E-state index contributed by atoms with van der Waals surface area (Å²) in [5, 5.41) is 17.8. The SMILES string of the molecule is COc1cc([C@H]2C3=C(CC(C)(C)CC3=O)Nc3nc(-c4ccc(O)cc4)nn32)cc(OC)c1OC. The van der Waals surface area contributed by atoms with Gasteiger partial charge >= 0.3 is 0 Å². The molecule has 1 aromatic heterocycles. The number of anilines is 1. The van der Waals surface area contributed by atoms with Crippen LogP contribution < -0.4 is 19.5 Å². The van der Waals surface area contributed by atoms with Crippen molar-refractivity contribution >= 4 is 11.7 Å². The van der Waals surface area contributed by atoms with Crippen molar-refractivity contribution in [1.82, 2.24) is 14.8 Å². The number of carbonyl (C=O) groups excluding carboxylic acids is 1. The zero-order chi connectivity index (χ0) is 24.9. The van der Waals surface area contributed by atoms with Gasteiger partial charge in [0.1, 0.15) is 11.8 Å². The number of carbonyl (C=O) groups is 1. The van der Waals surface area contributed by atoms with E-state index in [2.05, 4.69) is 19.2 Å². The fourth-order valence-electron chi connectivity index (χ4n) is 4.91. The Labute approximate surface area is 203 Å². The van der Waals surface area contributed by atoms with Crippen LogP contribution in [0.1, 0.15) is 38.3 Å². The Morgan fingerprint density at radius 2 is 1.69 bits per heavy atom. The highest BCUT2D eigenvalue weighted by molar-refractivity contribution is 6.00. The molecule has 0 radical (unpaired) electrons. The topological polar surface area (TPSA) is 108 Å². The van der Waals surface area contributed by atoms with Crippen LogP contribution in [0.5, 0.6) is 23.0 Å². The summed E-state index contributed by atoms with van der Waals surface area (Å²) in [6, 6.07) is 9.86. The number of fused-ring (bicyclic) bond motifs is 1. The summed E-state index contributed by atoms with van der Waals surface area (Å²) in [6.07, 6.45) is 1.14. The molecule has 0 saturated heterocycles. The lowest BCUT2D eigenvalue weighted by Crippen LogP contribution is -2.36. The summed E-state index contributed by atoms with van der Waals surface area (Å²) in [6.45, 7) is 4.18. The quantitative estimate of drug-likeness (QED) is 0.560. The highest BCUT2D eigenvalue weighted by Gasteiger charge is 2.42. The molecule has 1 aliphatic carbocycles. The number of Topliss-reactive ketones (excluding diaryl/α,β-unsaturated/α-hetero) is 1. The first-order valence-corrected chi connectivity index (χ1v) is 11.3. The number of phenolic OH excluding ortho intramolecular Hbond substituents is 1. The molecular weight excluding hydrogens is 448 g/mol. The van der Waals surface area contributed by atoms with E-state index in [9.17, 15) is 9.90 Å². The summed E-state index contributed by atoms with van der Waals surface area (Å²) >= 11 is 0. The second kappa shape index (κ2) is 8.33. The van der Waals surface area contributed by atoms with Gasteiger partial charge in [0.15, 0.2) is 23.1 Å². The molecular formula is C26H28N4O5. The van der Waals surface area contributed by atoms with Crippen molar-refractivity contribution < 1.29 is 24.1 Å². The van der Waals surface area contributed by atoms with Gasteiger partial charge in [-0.05, 0) is 53.8 Å². The number of phenols is 1. The van der Waals surface area contributed by atoms with Crippen LogP contribution in [0.3, 0.4) is 0 Å². The molecule has 0 bridgehead atoms. The molecule has 0 amide bonds. The molecule has 9 heteroatoms. The van der Waals surface area contributed by atoms with Gasteiger partial charge in [0, 0.05) is 23.3 Å². The maximum Gasteiger partial charge on any atom is 0.226 e. The van der Waals surface area contributed by atoms with E-state index >= 15 is 0 Å². The fourth-order valence-corrected chi connectivity index (χ4v) is 4.91. The molecule has 1 aliphatic heterocycles. The normalized spacial score (nSPS) is 18.4. The highest BCUT2D eigenvalue weighted by atomic mass is 16.5. The van der Waals surface area contributed by atoms with Gasteiger partial charge in [0.05, 0.1) is 21.3 Å². The van der Waals surface area contributed by atoms with Crippen molar-refractivity contribution in [2.45, 2.75) is 32.7 Å². The number of hydrogen-bond acceptors (Lipinski definition) is 8. The molecule has 1 atom stereocenters. The molecule has 2 aromatic carbocycles. The maximum atomic E-state index is 13.5. The second-order valence-electron chi connectivity index (χ2n) is 9.57. The van der Waals surface area contributed by atoms with Gasteiger partial charge in [0.2, 0.25) is 11.7 Å². The van der Waals surface area contributed by atoms with E-state index in [-0.39, 0.29) is 16.9 Å². The van der Waals surface area contributed by atoms with E-state index in [0.29, 0.717) is 47.4 Å². The molecule has 3 aromatic rings. The molecule has 2 aliphatic rings. The smallest absolute Gasteiger partial charge is 0.226 e. The fraction of sp³-hybridized carbons (Fsp3) is 0.346. The number of nitrogens with one attached hydrogen (secondary N) is 1. The lowest BCUT2D eigenvalue weighted by molar-refractivity contribution is -0.118. The number of rotatable bonds is 5. The lowest BCUT2D eigenvalue weighted by Gasteiger charge is -2.38. The number of ketones is 1. The van der Waals surface area contributed by atoms with Gasteiger partial charge in [-0.25, -0.2) is 4.68 Å². The third-order valence-corrected chi connectivity index (χ3v) is 6.46. The van der Waals surface area contributed by atoms with Gasteiger partial charge in [-0.1, -0.05) is 13.8 Å². The summed E-state index contributed by atoms with van der Waals surface area (Å²) in [7, 11) is 4.68. The lowest BCUT2D eigenvalue weighted by atomic mass is 9.73. The molecule has 0 saturated carbocycles. The number of nitrogens with zero attached hydrogens (tertiary/aromatic N) is 3. The second-order valence-corrected chi connectivity index (χ2v) is 9.57. The number of ether oxygens (including phenoxy) is 3. The van der Waals surface area contributed by atoms with Gasteiger partial charge in [-0.15, -0.1) is 5.10 Å². The van der Waals surface area contributed by atoms with Crippen molar-refractivity contribution in [3.8, 4) is 34.4 Å². The third-order valence-electron chi connectivity index (χ3n) is 6.46. The molecule has 0 fully saturated rings. The van der Waals surface area contributed by atoms with Crippen LogP contribution in [-0.2, 0) is 4.79 Å². The molecule has 35 heavy (non-hydrogen) atoms. The van der Waals surface area contributed by atoms with Crippen LogP contribution in [0.4, 0.5) is 5.95 Å². The minimum Gasteiger partial charge on any atom is -0.508 e. The van der Waals surface area contributed by atoms with E-state index < -0.39 is 6.04 Å². The van der Waals surface area contributed by atoms with E-state index in [1.54, 1.807) is 50.3 Å². The minimum absolute atomic E-state index is 0.0647. The van der Waals surface area contributed by atoms with Gasteiger partial charge < -0.3 is 24.6 Å². The van der Waals surface area contributed by atoms with Crippen molar-refractivity contribution in [1.29, 1.82) is 0 Å². The van der Waals surface area contributed by atoms with Crippen LogP contribution in [0.25, 0.3) is 11.4 Å². The van der Waals surface area contributed by atoms with Crippen LogP contribution in [-0.4, -0.2) is 47.0 Å². The zero-order valence-corrected chi connectivity index (χ0v) is 20.4. The first kappa shape index (κ1) is 22.8. The number of benzene rings is 2. The molecule has 9 nitrogen and oxygen atoms in total. The Morgan fingerprint density at radius 3 is 2.29 bits per heavy atom. The van der Waals surface area contributed by atoms with Crippen LogP contribution in [0.2, 0.25) is 0 Å². The standard InChI is InChI=1S/C26H28N4O5/c1-26(2)12-17-21(18(32)13-26)22(15-10-19(33-3)23(35-5)20(11-15)34-4)30-25(27-17)28-24(29-30)14-6-8-16(31)9-7-14/h6-11,22,31H,12-13H2,1-5H3,(H,27,28,29)/t22-/m0/s1. The Morgan fingerprint density at radius 1 is 1.03 bits per heavy atom. The first-order valence-electron chi connectivity index (χ1n) is 11.3. The summed E-state index contributed by atoms with van der Waals surface area (Å²) in [4.78, 5) is 18.2. The third kappa shape index (κ3) is 3.86. The molecule has 2 heterocycles.